The molecule has 0 atom stereocenters. The van der Waals surface area contributed by atoms with Crippen LogP contribution in [0.5, 0.6) is 5.75 Å². The number of halogens is 2. The number of anilines is 1. The second-order valence-corrected chi connectivity index (χ2v) is 9.49. The first-order valence-electron chi connectivity index (χ1n) is 11.1. The number of ether oxygens (including phenoxy) is 1. The zero-order chi connectivity index (χ0) is 25.8. The van der Waals surface area contributed by atoms with Crippen LogP contribution in [0.25, 0.3) is 6.08 Å². The second kappa shape index (κ2) is 10.9. The Kier molecular flexibility index (Phi) is 7.72. The highest BCUT2D eigenvalue weighted by atomic mass is 79.9. The van der Waals surface area contributed by atoms with E-state index >= 15 is 0 Å². The molecule has 1 heterocycles. The zero-order valence-corrected chi connectivity index (χ0v) is 21.7. The fourth-order valence-electron chi connectivity index (χ4n) is 3.67. The van der Waals surface area contributed by atoms with E-state index in [9.17, 15) is 14.4 Å². The molecule has 6 nitrogen and oxygen atoms in total. The van der Waals surface area contributed by atoms with E-state index in [1.54, 1.807) is 30.3 Å². The van der Waals surface area contributed by atoms with E-state index in [2.05, 4.69) is 27.8 Å². The number of carbonyl (C=O) groups excluding carboxylic acids is 3. The molecule has 0 bridgehead atoms. The maximum absolute atomic E-state index is 13.2. The first kappa shape index (κ1) is 25.4. The molecule has 0 radical (unpaired) electrons. The molecule has 1 aliphatic heterocycles. The van der Waals surface area contributed by atoms with Gasteiger partial charge in [0.25, 0.3) is 11.8 Å². The number of allylic oxidation sites excluding steroid dienone is 1. The summed E-state index contributed by atoms with van der Waals surface area (Å²) in [6.07, 6.45) is 3.73. The Morgan fingerprint density at radius 2 is 1.81 bits per heavy atom. The number of nitrogens with zero attached hydrogens (tertiary/aromatic N) is 1. The van der Waals surface area contributed by atoms with Gasteiger partial charge in [-0.1, -0.05) is 57.9 Å². The van der Waals surface area contributed by atoms with Crippen LogP contribution in [0, 0.1) is 6.92 Å². The van der Waals surface area contributed by atoms with Gasteiger partial charge in [-0.15, -0.1) is 6.58 Å². The maximum atomic E-state index is 13.2. The van der Waals surface area contributed by atoms with Crippen LogP contribution in [0.2, 0.25) is 5.02 Å². The Morgan fingerprint density at radius 3 is 2.50 bits per heavy atom. The summed E-state index contributed by atoms with van der Waals surface area (Å²) < 4.78 is 7.01. The summed E-state index contributed by atoms with van der Waals surface area (Å²) in [6.45, 7) is 6.01. The van der Waals surface area contributed by atoms with E-state index in [0.29, 0.717) is 29.4 Å². The van der Waals surface area contributed by atoms with Crippen molar-refractivity contribution in [3.05, 3.63) is 111 Å². The predicted molar refractivity (Wildman–Crippen MR) is 144 cm³/mol. The number of hydrogen-bond acceptors (Lipinski definition) is 4. The number of hydrogen-bond donors (Lipinski definition) is 1. The average molecular weight is 566 g/mol. The summed E-state index contributed by atoms with van der Waals surface area (Å²) in [4.78, 5) is 39.1. The molecule has 182 valence electrons. The molecule has 1 fully saturated rings. The fraction of sp³-hybridized carbons (Fsp3) is 0.107. The van der Waals surface area contributed by atoms with Crippen molar-refractivity contribution >= 4 is 57.1 Å². The van der Waals surface area contributed by atoms with Gasteiger partial charge in [-0.25, -0.2) is 9.69 Å². The van der Waals surface area contributed by atoms with Crippen molar-refractivity contribution in [2.24, 2.45) is 0 Å². The van der Waals surface area contributed by atoms with E-state index in [4.69, 9.17) is 16.3 Å². The molecule has 0 aromatic heterocycles. The van der Waals surface area contributed by atoms with Crippen LogP contribution >= 0.6 is 27.5 Å². The molecule has 3 aromatic carbocycles. The zero-order valence-electron chi connectivity index (χ0n) is 19.4. The van der Waals surface area contributed by atoms with Crippen molar-refractivity contribution in [2.75, 3.05) is 4.90 Å². The van der Waals surface area contributed by atoms with Crippen molar-refractivity contribution in [3.63, 3.8) is 0 Å². The van der Waals surface area contributed by atoms with E-state index in [1.807, 2.05) is 37.3 Å². The Hall–Kier alpha value is -3.68. The maximum Gasteiger partial charge on any atom is 0.335 e. The lowest BCUT2D eigenvalue weighted by Gasteiger charge is -2.26. The minimum absolute atomic E-state index is 0.167. The highest BCUT2D eigenvalue weighted by molar-refractivity contribution is 9.10. The lowest BCUT2D eigenvalue weighted by molar-refractivity contribution is -0.122. The van der Waals surface area contributed by atoms with E-state index < -0.39 is 17.8 Å². The SMILES string of the molecule is C=CCc1cc(/C=C2/C(=O)NC(=O)N(c3ccc(C)c(Cl)c3)C2=O)ccc1OCc1ccc(Br)cc1. The standard InChI is InChI=1S/C28H22BrClN2O4/c1-3-4-20-13-19(8-12-25(20)36-16-18-6-9-21(29)10-7-18)14-23-26(33)31-28(35)32(27(23)34)22-11-5-17(2)24(30)15-22/h3,5-15H,1,4,16H2,2H3,(H,31,33,35)/b23-14-. The van der Waals surface area contributed by atoms with E-state index in [0.717, 1.165) is 26.1 Å². The number of rotatable bonds is 7. The van der Waals surface area contributed by atoms with Gasteiger partial charge >= 0.3 is 6.03 Å². The molecule has 0 aliphatic carbocycles. The van der Waals surface area contributed by atoms with Crippen molar-refractivity contribution in [2.45, 2.75) is 20.0 Å². The summed E-state index contributed by atoms with van der Waals surface area (Å²) >= 11 is 9.60. The number of aryl methyl sites for hydroxylation is 1. The number of nitrogens with one attached hydrogen (secondary N) is 1. The number of benzene rings is 3. The van der Waals surface area contributed by atoms with E-state index in [1.165, 1.54) is 12.1 Å². The van der Waals surface area contributed by atoms with Crippen LogP contribution in [0.4, 0.5) is 10.5 Å². The number of imide groups is 2. The lowest BCUT2D eigenvalue weighted by Crippen LogP contribution is -2.54. The molecule has 1 saturated heterocycles. The summed E-state index contributed by atoms with van der Waals surface area (Å²) in [6, 6.07) is 17.2. The monoisotopic (exact) mass is 564 g/mol. The number of amides is 4. The van der Waals surface area contributed by atoms with Crippen LogP contribution in [0.1, 0.15) is 22.3 Å². The molecule has 1 N–H and O–H groups in total. The van der Waals surface area contributed by atoms with Gasteiger partial charge < -0.3 is 4.74 Å². The van der Waals surface area contributed by atoms with Crippen LogP contribution in [0.3, 0.4) is 0 Å². The van der Waals surface area contributed by atoms with Crippen molar-refractivity contribution in [1.82, 2.24) is 5.32 Å². The first-order valence-corrected chi connectivity index (χ1v) is 12.2. The third-order valence-electron chi connectivity index (χ3n) is 5.58. The lowest BCUT2D eigenvalue weighted by atomic mass is 10.0. The molecule has 8 heteroatoms. The highest BCUT2D eigenvalue weighted by Gasteiger charge is 2.37. The van der Waals surface area contributed by atoms with Gasteiger partial charge in [0.05, 0.1) is 5.69 Å². The average Bonchev–Trinajstić information content (AvgIpc) is 2.84. The smallest absolute Gasteiger partial charge is 0.335 e. The Balaban J connectivity index is 1.62. The number of barbiturate groups is 1. The summed E-state index contributed by atoms with van der Waals surface area (Å²) in [5, 5.41) is 2.63. The molecule has 0 unspecified atom stereocenters. The summed E-state index contributed by atoms with van der Waals surface area (Å²) in [7, 11) is 0. The molecule has 4 amide bonds. The van der Waals surface area contributed by atoms with Gasteiger partial charge in [-0.05, 0) is 78.1 Å². The largest absolute Gasteiger partial charge is 0.489 e. The third kappa shape index (κ3) is 5.58. The van der Waals surface area contributed by atoms with Crippen molar-refractivity contribution in [3.8, 4) is 5.75 Å². The van der Waals surface area contributed by atoms with E-state index in [-0.39, 0.29) is 11.3 Å². The molecule has 36 heavy (non-hydrogen) atoms. The fourth-order valence-corrected chi connectivity index (χ4v) is 4.11. The Bertz CT molecular complexity index is 1400. The van der Waals surface area contributed by atoms with Crippen LogP contribution in [-0.2, 0) is 22.6 Å². The van der Waals surface area contributed by atoms with Crippen molar-refractivity contribution < 1.29 is 19.1 Å². The molecular formula is C28H22BrClN2O4. The molecule has 0 spiro atoms. The Labute approximate surface area is 222 Å². The van der Waals surface area contributed by atoms with Gasteiger partial charge in [0.1, 0.15) is 17.9 Å². The number of urea groups is 1. The Morgan fingerprint density at radius 1 is 1.06 bits per heavy atom. The minimum Gasteiger partial charge on any atom is -0.489 e. The molecule has 4 rings (SSSR count). The van der Waals surface area contributed by atoms with Gasteiger partial charge in [-0.3, -0.25) is 14.9 Å². The normalized spacial score (nSPS) is 14.7. The van der Waals surface area contributed by atoms with Gasteiger partial charge in [0.15, 0.2) is 0 Å². The predicted octanol–water partition coefficient (Wildman–Crippen LogP) is 6.38. The second-order valence-electron chi connectivity index (χ2n) is 8.17. The van der Waals surface area contributed by atoms with Crippen LogP contribution in [0.15, 0.2) is 83.4 Å². The molecule has 0 saturated carbocycles. The number of carbonyl (C=O) groups is 3. The summed E-state index contributed by atoms with van der Waals surface area (Å²) in [5.41, 5.74) is 3.37. The minimum atomic E-state index is -0.828. The third-order valence-corrected chi connectivity index (χ3v) is 6.52. The van der Waals surface area contributed by atoms with Gasteiger partial charge in [0, 0.05) is 9.50 Å². The topological polar surface area (TPSA) is 75.7 Å². The summed E-state index contributed by atoms with van der Waals surface area (Å²) in [5.74, 6) is -0.824. The molecule has 1 aliphatic rings. The highest BCUT2D eigenvalue weighted by Crippen LogP contribution is 2.28. The van der Waals surface area contributed by atoms with Crippen molar-refractivity contribution in [1.29, 1.82) is 0 Å². The van der Waals surface area contributed by atoms with Gasteiger partial charge in [-0.2, -0.15) is 0 Å². The van der Waals surface area contributed by atoms with Crippen LogP contribution < -0.4 is 15.0 Å². The quantitative estimate of drug-likeness (QED) is 0.205. The molecular weight excluding hydrogens is 544 g/mol. The molecule has 3 aromatic rings. The first-order chi connectivity index (χ1) is 17.3. The van der Waals surface area contributed by atoms with Crippen LogP contribution in [-0.4, -0.2) is 17.8 Å². The van der Waals surface area contributed by atoms with Gasteiger partial charge in [0.2, 0.25) is 0 Å².